The minimum atomic E-state index is -0.156. The predicted octanol–water partition coefficient (Wildman–Crippen LogP) is 2.61. The standard InChI is InChI=1S/C15H21NO3/c1-10(2)11-5-7-16(8-6-11)15(19)13-4-3-12(17)9-14(13)18/h3-4,9-11,17-18H,5-8H2,1-2H3. The second kappa shape index (κ2) is 5.51. The van der Waals surface area contributed by atoms with E-state index in [1.165, 1.54) is 18.2 Å². The summed E-state index contributed by atoms with van der Waals surface area (Å²) in [5.74, 6) is 0.986. The number of hydrogen-bond donors (Lipinski definition) is 2. The lowest BCUT2D eigenvalue weighted by Crippen LogP contribution is -2.39. The van der Waals surface area contributed by atoms with Gasteiger partial charge in [0.15, 0.2) is 0 Å². The number of phenolic OH excluding ortho intramolecular Hbond substituents is 2. The number of hydrogen-bond acceptors (Lipinski definition) is 3. The molecule has 0 radical (unpaired) electrons. The fourth-order valence-electron chi connectivity index (χ4n) is 2.64. The zero-order valence-electron chi connectivity index (χ0n) is 11.5. The molecule has 1 aromatic rings. The number of carbonyl (C=O) groups excluding carboxylic acids is 1. The molecule has 1 heterocycles. The van der Waals surface area contributed by atoms with Gasteiger partial charge in [-0.1, -0.05) is 13.8 Å². The van der Waals surface area contributed by atoms with Gasteiger partial charge in [0, 0.05) is 19.2 Å². The molecule has 4 nitrogen and oxygen atoms in total. The molecular weight excluding hydrogens is 242 g/mol. The molecule has 2 N–H and O–H groups in total. The van der Waals surface area contributed by atoms with Gasteiger partial charge in [0.25, 0.3) is 5.91 Å². The Bertz CT molecular complexity index is 462. The lowest BCUT2D eigenvalue weighted by molar-refractivity contribution is 0.0664. The van der Waals surface area contributed by atoms with Crippen LogP contribution in [0.15, 0.2) is 18.2 Å². The minimum absolute atomic E-state index is 0.0347. The normalized spacial score (nSPS) is 16.9. The Morgan fingerprint density at radius 2 is 1.89 bits per heavy atom. The maximum Gasteiger partial charge on any atom is 0.257 e. The van der Waals surface area contributed by atoms with E-state index in [1.807, 2.05) is 0 Å². The van der Waals surface area contributed by atoms with Crippen molar-refractivity contribution in [2.75, 3.05) is 13.1 Å². The van der Waals surface area contributed by atoms with E-state index in [-0.39, 0.29) is 23.0 Å². The van der Waals surface area contributed by atoms with E-state index in [4.69, 9.17) is 0 Å². The highest BCUT2D eigenvalue weighted by Gasteiger charge is 2.26. The summed E-state index contributed by atoms with van der Waals surface area (Å²) in [6, 6.07) is 4.10. The van der Waals surface area contributed by atoms with E-state index in [2.05, 4.69) is 13.8 Å². The Morgan fingerprint density at radius 3 is 2.42 bits per heavy atom. The van der Waals surface area contributed by atoms with Crippen molar-refractivity contribution in [3.05, 3.63) is 23.8 Å². The highest BCUT2D eigenvalue weighted by atomic mass is 16.3. The lowest BCUT2D eigenvalue weighted by Gasteiger charge is -2.34. The second-order valence-corrected chi connectivity index (χ2v) is 5.58. The van der Waals surface area contributed by atoms with Gasteiger partial charge in [-0.15, -0.1) is 0 Å². The number of rotatable bonds is 2. The average molecular weight is 263 g/mol. The number of nitrogens with zero attached hydrogens (tertiary/aromatic N) is 1. The van der Waals surface area contributed by atoms with Crippen molar-refractivity contribution in [2.45, 2.75) is 26.7 Å². The number of carbonyl (C=O) groups is 1. The first kappa shape index (κ1) is 13.7. The van der Waals surface area contributed by atoms with E-state index in [1.54, 1.807) is 4.90 Å². The number of amides is 1. The first-order valence-corrected chi connectivity index (χ1v) is 6.80. The quantitative estimate of drug-likeness (QED) is 0.862. The number of piperidine rings is 1. The molecule has 0 aromatic heterocycles. The molecule has 1 aromatic carbocycles. The zero-order valence-corrected chi connectivity index (χ0v) is 11.5. The molecule has 0 saturated carbocycles. The second-order valence-electron chi connectivity index (χ2n) is 5.58. The van der Waals surface area contributed by atoms with Gasteiger partial charge < -0.3 is 15.1 Å². The molecule has 1 aliphatic rings. The summed E-state index contributed by atoms with van der Waals surface area (Å²) in [6.45, 7) is 5.91. The summed E-state index contributed by atoms with van der Waals surface area (Å²) in [5, 5.41) is 19.0. The monoisotopic (exact) mass is 263 g/mol. The van der Waals surface area contributed by atoms with Crippen LogP contribution in [0, 0.1) is 11.8 Å². The predicted molar refractivity (Wildman–Crippen MR) is 73.2 cm³/mol. The lowest BCUT2D eigenvalue weighted by atomic mass is 9.86. The van der Waals surface area contributed by atoms with Crippen LogP contribution in [0.5, 0.6) is 11.5 Å². The Kier molecular flexibility index (Phi) is 3.98. The minimum Gasteiger partial charge on any atom is -0.508 e. The van der Waals surface area contributed by atoms with Crippen molar-refractivity contribution in [3.8, 4) is 11.5 Å². The smallest absolute Gasteiger partial charge is 0.257 e. The Morgan fingerprint density at radius 1 is 1.26 bits per heavy atom. The van der Waals surface area contributed by atoms with Gasteiger partial charge in [0.05, 0.1) is 5.56 Å². The summed E-state index contributed by atoms with van der Waals surface area (Å²) < 4.78 is 0. The average Bonchev–Trinajstić information content (AvgIpc) is 2.38. The number of likely N-dealkylation sites (tertiary alicyclic amines) is 1. The van der Waals surface area contributed by atoms with Crippen LogP contribution < -0.4 is 0 Å². The first-order chi connectivity index (χ1) is 8.99. The van der Waals surface area contributed by atoms with Crippen LogP contribution in [0.1, 0.15) is 37.0 Å². The topological polar surface area (TPSA) is 60.8 Å². The van der Waals surface area contributed by atoms with Crippen molar-refractivity contribution < 1.29 is 15.0 Å². The highest BCUT2D eigenvalue weighted by molar-refractivity contribution is 5.97. The van der Waals surface area contributed by atoms with Crippen LogP contribution in [0.25, 0.3) is 0 Å². The molecule has 0 bridgehead atoms. The van der Waals surface area contributed by atoms with Crippen molar-refractivity contribution in [1.29, 1.82) is 0 Å². The fraction of sp³-hybridized carbons (Fsp3) is 0.533. The van der Waals surface area contributed by atoms with Crippen molar-refractivity contribution >= 4 is 5.91 Å². The van der Waals surface area contributed by atoms with Crippen LogP contribution >= 0.6 is 0 Å². The van der Waals surface area contributed by atoms with Crippen molar-refractivity contribution in [1.82, 2.24) is 4.90 Å². The molecule has 0 aliphatic carbocycles. The van der Waals surface area contributed by atoms with Crippen LogP contribution in [-0.2, 0) is 0 Å². The molecule has 1 amide bonds. The Balaban J connectivity index is 2.05. The molecule has 1 aliphatic heterocycles. The molecule has 0 unspecified atom stereocenters. The van der Waals surface area contributed by atoms with Crippen molar-refractivity contribution in [3.63, 3.8) is 0 Å². The molecule has 0 spiro atoms. The van der Waals surface area contributed by atoms with Crippen LogP contribution in [0.2, 0.25) is 0 Å². The summed E-state index contributed by atoms with van der Waals surface area (Å²) >= 11 is 0. The number of benzene rings is 1. The third kappa shape index (κ3) is 3.00. The van der Waals surface area contributed by atoms with E-state index in [0.29, 0.717) is 11.8 Å². The largest absolute Gasteiger partial charge is 0.508 e. The highest BCUT2D eigenvalue weighted by Crippen LogP contribution is 2.28. The molecule has 4 heteroatoms. The Hall–Kier alpha value is -1.71. The van der Waals surface area contributed by atoms with Crippen LogP contribution in [0.3, 0.4) is 0 Å². The van der Waals surface area contributed by atoms with Gasteiger partial charge in [-0.05, 0) is 36.8 Å². The SMILES string of the molecule is CC(C)C1CCN(C(=O)c2ccc(O)cc2O)CC1. The number of phenols is 2. The summed E-state index contributed by atoms with van der Waals surface area (Å²) in [4.78, 5) is 14.1. The van der Waals surface area contributed by atoms with Gasteiger partial charge in [0.2, 0.25) is 0 Å². The Labute approximate surface area is 113 Å². The van der Waals surface area contributed by atoms with E-state index >= 15 is 0 Å². The molecular formula is C15H21NO3. The summed E-state index contributed by atoms with van der Waals surface area (Å²) in [5.41, 5.74) is 0.265. The van der Waals surface area contributed by atoms with Crippen LogP contribution in [-0.4, -0.2) is 34.1 Å². The van der Waals surface area contributed by atoms with Gasteiger partial charge in [-0.25, -0.2) is 0 Å². The van der Waals surface area contributed by atoms with Gasteiger partial charge >= 0.3 is 0 Å². The third-order valence-electron chi connectivity index (χ3n) is 3.98. The number of aromatic hydroxyl groups is 2. The molecule has 104 valence electrons. The summed E-state index contributed by atoms with van der Waals surface area (Å²) in [7, 11) is 0. The van der Waals surface area contributed by atoms with E-state index in [0.717, 1.165) is 25.9 Å². The van der Waals surface area contributed by atoms with Gasteiger partial charge in [-0.2, -0.15) is 0 Å². The molecule has 1 fully saturated rings. The fourth-order valence-corrected chi connectivity index (χ4v) is 2.64. The molecule has 1 saturated heterocycles. The first-order valence-electron chi connectivity index (χ1n) is 6.80. The van der Waals surface area contributed by atoms with Crippen LogP contribution in [0.4, 0.5) is 0 Å². The van der Waals surface area contributed by atoms with Gasteiger partial charge in [0.1, 0.15) is 11.5 Å². The zero-order chi connectivity index (χ0) is 14.0. The third-order valence-corrected chi connectivity index (χ3v) is 3.98. The molecule has 19 heavy (non-hydrogen) atoms. The van der Waals surface area contributed by atoms with Crippen molar-refractivity contribution in [2.24, 2.45) is 11.8 Å². The summed E-state index contributed by atoms with van der Waals surface area (Å²) in [6.07, 6.45) is 2.03. The maximum atomic E-state index is 12.3. The van der Waals surface area contributed by atoms with E-state index in [9.17, 15) is 15.0 Å². The van der Waals surface area contributed by atoms with E-state index < -0.39 is 0 Å². The maximum absolute atomic E-state index is 12.3. The molecule has 2 rings (SSSR count). The van der Waals surface area contributed by atoms with Gasteiger partial charge in [-0.3, -0.25) is 4.79 Å². The molecule has 0 atom stereocenters.